The van der Waals surface area contributed by atoms with Crippen LogP contribution in [0.5, 0.6) is 23.0 Å². The number of aliphatic carboxylic acids is 2. The minimum absolute atomic E-state index is 0.0424. The Labute approximate surface area is 181 Å². The molecule has 0 unspecified atom stereocenters. The first kappa shape index (κ1) is 24.0. The van der Waals surface area contributed by atoms with Crippen molar-refractivity contribution in [3.63, 3.8) is 0 Å². The van der Waals surface area contributed by atoms with Crippen LogP contribution in [0.3, 0.4) is 0 Å². The minimum atomic E-state index is -3.10. The number of hydrogen-bond acceptors (Lipinski definition) is 9. The molecule has 0 spiro atoms. The van der Waals surface area contributed by atoms with E-state index in [1.54, 1.807) is 0 Å². The van der Waals surface area contributed by atoms with E-state index in [-0.39, 0.29) is 17.1 Å². The molecular formula is C21H20O11. The zero-order valence-electron chi connectivity index (χ0n) is 16.6. The zero-order valence-corrected chi connectivity index (χ0v) is 16.6. The number of carbonyl (C=O) groups excluding carboxylic acids is 1. The molecule has 0 fully saturated rings. The van der Waals surface area contributed by atoms with Gasteiger partial charge in [0.1, 0.15) is 0 Å². The van der Waals surface area contributed by atoms with Gasteiger partial charge in [0.15, 0.2) is 23.0 Å². The number of methoxy groups -OCH3 is 1. The maximum Gasteiger partial charge on any atom is 0.348 e. The van der Waals surface area contributed by atoms with Crippen LogP contribution >= 0.6 is 0 Å². The van der Waals surface area contributed by atoms with Crippen LogP contribution in [0.4, 0.5) is 0 Å². The molecule has 2 aromatic carbocycles. The lowest BCUT2D eigenvalue weighted by Gasteiger charge is -2.29. The zero-order chi connectivity index (χ0) is 24.1. The monoisotopic (exact) mass is 448 g/mol. The molecule has 2 rings (SSSR count). The molecule has 0 bridgehead atoms. The Morgan fingerprint density at radius 3 is 2.22 bits per heavy atom. The molecule has 0 amide bonds. The third kappa shape index (κ3) is 5.46. The largest absolute Gasteiger partial charge is 0.504 e. The molecule has 2 aromatic rings. The van der Waals surface area contributed by atoms with E-state index in [2.05, 4.69) is 0 Å². The van der Waals surface area contributed by atoms with E-state index in [9.17, 15) is 45.0 Å². The second kappa shape index (κ2) is 9.71. The smallest absolute Gasteiger partial charge is 0.348 e. The molecule has 2 atom stereocenters. The predicted octanol–water partition coefficient (Wildman–Crippen LogP) is 0.880. The Morgan fingerprint density at radius 2 is 1.66 bits per heavy atom. The number of ether oxygens (including phenoxy) is 2. The number of aromatic hydroxyl groups is 3. The summed E-state index contributed by atoms with van der Waals surface area (Å²) in [5, 5.41) is 57.9. The van der Waals surface area contributed by atoms with Gasteiger partial charge in [-0.1, -0.05) is 12.1 Å². The molecule has 11 heteroatoms. The van der Waals surface area contributed by atoms with Crippen molar-refractivity contribution in [1.29, 1.82) is 0 Å². The van der Waals surface area contributed by atoms with Crippen molar-refractivity contribution < 1.29 is 54.5 Å². The Morgan fingerprint density at radius 1 is 1.00 bits per heavy atom. The van der Waals surface area contributed by atoms with Crippen molar-refractivity contribution in [2.45, 2.75) is 18.1 Å². The Kier molecular flexibility index (Phi) is 7.29. The lowest BCUT2D eigenvalue weighted by molar-refractivity contribution is -0.192. The molecule has 0 radical (unpaired) electrons. The Balaban J connectivity index is 2.27. The number of phenols is 3. The molecule has 0 aliphatic rings. The summed E-state index contributed by atoms with van der Waals surface area (Å²) in [5.41, 5.74) is -2.77. The summed E-state index contributed by atoms with van der Waals surface area (Å²) in [6.07, 6.45) is -1.38. The highest BCUT2D eigenvalue weighted by Gasteiger charge is 2.51. The summed E-state index contributed by atoms with van der Waals surface area (Å²) in [5.74, 6) is -6.34. The number of rotatable bonds is 9. The summed E-state index contributed by atoms with van der Waals surface area (Å²) in [6.45, 7) is 0. The van der Waals surface area contributed by atoms with Crippen molar-refractivity contribution in [1.82, 2.24) is 0 Å². The van der Waals surface area contributed by atoms with Crippen LogP contribution in [-0.2, 0) is 25.5 Å². The van der Waals surface area contributed by atoms with Crippen LogP contribution in [0.15, 0.2) is 42.5 Å². The molecular weight excluding hydrogens is 428 g/mol. The average molecular weight is 448 g/mol. The first-order chi connectivity index (χ1) is 15.0. The molecule has 32 heavy (non-hydrogen) atoms. The van der Waals surface area contributed by atoms with Gasteiger partial charge in [-0.25, -0.2) is 14.4 Å². The van der Waals surface area contributed by atoms with E-state index in [1.165, 1.54) is 31.4 Å². The van der Waals surface area contributed by atoms with Crippen LogP contribution in [0.25, 0.3) is 6.08 Å². The van der Waals surface area contributed by atoms with Crippen LogP contribution in [0, 0.1) is 0 Å². The fourth-order valence-corrected chi connectivity index (χ4v) is 2.74. The third-order valence-electron chi connectivity index (χ3n) is 4.39. The topological polar surface area (TPSA) is 191 Å². The number of aliphatic hydroxyl groups is 1. The third-order valence-corrected chi connectivity index (χ3v) is 4.39. The quantitative estimate of drug-likeness (QED) is 0.181. The second-order valence-corrected chi connectivity index (χ2v) is 6.65. The van der Waals surface area contributed by atoms with Crippen molar-refractivity contribution >= 4 is 24.0 Å². The van der Waals surface area contributed by atoms with Crippen molar-refractivity contribution in [2.24, 2.45) is 0 Å². The van der Waals surface area contributed by atoms with Gasteiger partial charge >= 0.3 is 17.9 Å². The first-order valence-corrected chi connectivity index (χ1v) is 8.93. The van der Waals surface area contributed by atoms with Gasteiger partial charge in [-0.15, -0.1) is 0 Å². The lowest BCUT2D eigenvalue weighted by Crippen LogP contribution is -2.56. The predicted molar refractivity (Wildman–Crippen MR) is 107 cm³/mol. The summed E-state index contributed by atoms with van der Waals surface area (Å²) in [4.78, 5) is 35.5. The molecule has 170 valence electrons. The molecule has 0 saturated carbocycles. The summed E-state index contributed by atoms with van der Waals surface area (Å²) in [6, 6.07) is 7.19. The number of hydrogen-bond donors (Lipinski definition) is 6. The van der Waals surface area contributed by atoms with Crippen molar-refractivity contribution in [3.05, 3.63) is 53.6 Å². The van der Waals surface area contributed by atoms with E-state index in [0.717, 1.165) is 24.3 Å². The normalized spacial score (nSPS) is 13.8. The van der Waals surface area contributed by atoms with Gasteiger partial charge < -0.3 is 40.1 Å². The SMILES string of the molecule is COc1cc(/C=C/C(=O)O[C@@H](C(=O)O)[C@@](O)(Cc2ccc(O)c(O)c2)C(=O)O)ccc1O. The van der Waals surface area contributed by atoms with Crippen LogP contribution in [0.2, 0.25) is 0 Å². The number of carboxylic acid groups (broad SMARTS) is 2. The number of phenolic OH excluding ortho intramolecular Hbond substituents is 3. The second-order valence-electron chi connectivity index (χ2n) is 6.65. The Bertz CT molecular complexity index is 1060. The van der Waals surface area contributed by atoms with Gasteiger partial charge in [0.2, 0.25) is 11.7 Å². The summed E-state index contributed by atoms with van der Waals surface area (Å²) < 4.78 is 9.64. The molecule has 0 aliphatic carbocycles. The van der Waals surface area contributed by atoms with Gasteiger partial charge in [-0.05, 0) is 41.5 Å². The highest BCUT2D eigenvalue weighted by atomic mass is 16.6. The van der Waals surface area contributed by atoms with Gasteiger partial charge in [-0.3, -0.25) is 0 Å². The van der Waals surface area contributed by atoms with Gasteiger partial charge in [0.25, 0.3) is 0 Å². The van der Waals surface area contributed by atoms with Gasteiger partial charge in [0.05, 0.1) is 7.11 Å². The first-order valence-electron chi connectivity index (χ1n) is 8.93. The van der Waals surface area contributed by atoms with Crippen LogP contribution in [-0.4, -0.2) is 67.4 Å². The van der Waals surface area contributed by atoms with Gasteiger partial charge in [-0.2, -0.15) is 0 Å². The van der Waals surface area contributed by atoms with Crippen LogP contribution in [0.1, 0.15) is 11.1 Å². The van der Waals surface area contributed by atoms with E-state index >= 15 is 0 Å². The summed E-state index contributed by atoms with van der Waals surface area (Å²) in [7, 11) is 1.31. The number of benzene rings is 2. The van der Waals surface area contributed by atoms with Crippen molar-refractivity contribution in [2.75, 3.05) is 7.11 Å². The van der Waals surface area contributed by atoms with Gasteiger partial charge in [0, 0.05) is 12.5 Å². The van der Waals surface area contributed by atoms with E-state index < -0.39 is 47.5 Å². The fourth-order valence-electron chi connectivity index (χ4n) is 2.74. The maximum atomic E-state index is 12.1. The molecule has 0 heterocycles. The molecule has 0 saturated heterocycles. The van der Waals surface area contributed by atoms with Crippen molar-refractivity contribution in [3.8, 4) is 23.0 Å². The summed E-state index contributed by atoms with van der Waals surface area (Å²) >= 11 is 0. The molecule has 6 N–H and O–H groups in total. The highest BCUT2D eigenvalue weighted by molar-refractivity contribution is 5.93. The average Bonchev–Trinajstić information content (AvgIpc) is 2.73. The fraction of sp³-hybridized carbons (Fsp3) is 0.190. The minimum Gasteiger partial charge on any atom is -0.504 e. The van der Waals surface area contributed by atoms with Crippen LogP contribution < -0.4 is 4.74 Å². The van der Waals surface area contributed by atoms with E-state index in [0.29, 0.717) is 5.56 Å². The van der Waals surface area contributed by atoms with E-state index in [1.807, 2.05) is 0 Å². The molecule has 0 aliphatic heterocycles. The lowest BCUT2D eigenvalue weighted by atomic mass is 9.88. The Hall–Kier alpha value is -4.25. The number of esters is 1. The standard InChI is InChI=1S/C21H20O11/c1-31-16-9-11(2-6-14(16)23)4-7-17(25)32-18(19(26)27)21(30,20(28)29)10-12-3-5-13(22)15(24)8-12/h2-9,18,22-24,30H,10H2,1H3,(H,26,27)(H,28,29)/b7-4+/t18-,21-/m0/s1. The molecule has 11 nitrogen and oxygen atoms in total. The van der Waals surface area contributed by atoms with E-state index in [4.69, 9.17) is 9.47 Å². The number of carbonyl (C=O) groups is 3. The highest BCUT2D eigenvalue weighted by Crippen LogP contribution is 2.29. The molecule has 0 aromatic heterocycles. The number of carboxylic acids is 2. The maximum absolute atomic E-state index is 12.1.